The molecule has 0 aromatic heterocycles. The number of nitrogens with one attached hydrogen (secondary N) is 1. The Hall–Kier alpha value is -2.49. The Bertz CT molecular complexity index is 768. The van der Waals surface area contributed by atoms with Crippen LogP contribution in [0.15, 0.2) is 48.5 Å². The Balaban J connectivity index is 1.53. The van der Waals surface area contributed by atoms with Gasteiger partial charge in [-0.25, -0.2) is 0 Å². The lowest BCUT2D eigenvalue weighted by molar-refractivity contribution is -0.125. The van der Waals surface area contributed by atoms with Crippen LogP contribution < -0.4 is 14.8 Å². The standard InChI is InChI=1S/C23H27NO3/c25-23(24-19-11-5-2-6-12-19)22(17-8-3-1-4-9-17)27-20-13-14-21-18(16-20)10-7-15-26-21/h2,5-6,11-14,16-17,22H,1,3-4,7-10,15H2,(H,24,25). The third-order valence-corrected chi connectivity index (χ3v) is 5.52. The number of carbonyl (C=O) groups is 1. The van der Waals surface area contributed by atoms with Crippen LogP contribution in [0.5, 0.6) is 11.5 Å². The van der Waals surface area contributed by atoms with Gasteiger partial charge in [-0.3, -0.25) is 4.79 Å². The molecule has 0 spiro atoms. The number of amides is 1. The predicted molar refractivity (Wildman–Crippen MR) is 106 cm³/mol. The van der Waals surface area contributed by atoms with Crippen molar-refractivity contribution in [2.24, 2.45) is 5.92 Å². The van der Waals surface area contributed by atoms with Crippen LogP contribution >= 0.6 is 0 Å². The highest BCUT2D eigenvalue weighted by Gasteiger charge is 2.32. The maximum Gasteiger partial charge on any atom is 0.265 e. The fourth-order valence-corrected chi connectivity index (χ4v) is 4.09. The van der Waals surface area contributed by atoms with Gasteiger partial charge >= 0.3 is 0 Å². The zero-order valence-electron chi connectivity index (χ0n) is 15.7. The van der Waals surface area contributed by atoms with Crippen LogP contribution in [-0.2, 0) is 11.2 Å². The predicted octanol–water partition coefficient (Wildman–Crippen LogP) is 4.98. The number of benzene rings is 2. The third kappa shape index (κ3) is 4.44. The molecule has 1 fully saturated rings. The van der Waals surface area contributed by atoms with Gasteiger partial charge in [0.05, 0.1) is 6.61 Å². The van der Waals surface area contributed by atoms with Crippen molar-refractivity contribution in [2.45, 2.75) is 51.0 Å². The van der Waals surface area contributed by atoms with Gasteiger partial charge in [0, 0.05) is 11.6 Å². The molecule has 1 heterocycles. The Morgan fingerprint density at radius 2 is 1.85 bits per heavy atom. The minimum Gasteiger partial charge on any atom is -0.493 e. The normalized spacial score (nSPS) is 18.1. The van der Waals surface area contributed by atoms with E-state index in [0.717, 1.165) is 49.5 Å². The molecule has 142 valence electrons. The lowest BCUT2D eigenvalue weighted by Crippen LogP contribution is -2.40. The molecule has 0 radical (unpaired) electrons. The summed E-state index contributed by atoms with van der Waals surface area (Å²) in [5, 5.41) is 3.03. The zero-order chi connectivity index (χ0) is 18.5. The first-order chi connectivity index (χ1) is 13.3. The molecule has 1 N–H and O–H groups in total. The van der Waals surface area contributed by atoms with Crippen LogP contribution in [0.25, 0.3) is 0 Å². The highest BCUT2D eigenvalue weighted by atomic mass is 16.5. The molecular formula is C23H27NO3. The first-order valence-electron chi connectivity index (χ1n) is 10.1. The maximum absolute atomic E-state index is 13.0. The number of hydrogen-bond donors (Lipinski definition) is 1. The SMILES string of the molecule is O=C(Nc1ccccc1)C(Oc1ccc2c(c1)CCCO2)C1CCCCC1. The van der Waals surface area contributed by atoms with Crippen molar-refractivity contribution in [3.8, 4) is 11.5 Å². The second-order valence-electron chi connectivity index (χ2n) is 7.51. The van der Waals surface area contributed by atoms with Crippen molar-refractivity contribution in [3.05, 3.63) is 54.1 Å². The molecule has 1 aliphatic heterocycles. The van der Waals surface area contributed by atoms with E-state index in [9.17, 15) is 4.79 Å². The summed E-state index contributed by atoms with van der Waals surface area (Å²) in [6.45, 7) is 0.775. The first-order valence-corrected chi connectivity index (χ1v) is 10.1. The van der Waals surface area contributed by atoms with Gasteiger partial charge in [0.1, 0.15) is 11.5 Å². The van der Waals surface area contributed by atoms with E-state index in [1.165, 1.54) is 24.8 Å². The maximum atomic E-state index is 13.0. The van der Waals surface area contributed by atoms with Gasteiger partial charge < -0.3 is 14.8 Å². The highest BCUT2D eigenvalue weighted by Crippen LogP contribution is 2.33. The lowest BCUT2D eigenvalue weighted by atomic mass is 9.84. The number of ether oxygens (including phenoxy) is 2. The monoisotopic (exact) mass is 365 g/mol. The number of carbonyl (C=O) groups excluding carboxylic acids is 1. The van der Waals surface area contributed by atoms with Crippen LogP contribution in [0.1, 0.15) is 44.1 Å². The van der Waals surface area contributed by atoms with Crippen molar-refractivity contribution in [1.82, 2.24) is 0 Å². The lowest BCUT2D eigenvalue weighted by Gasteiger charge is -2.30. The van der Waals surface area contributed by atoms with Gasteiger partial charge in [0.15, 0.2) is 6.10 Å². The van der Waals surface area contributed by atoms with E-state index in [4.69, 9.17) is 9.47 Å². The summed E-state index contributed by atoms with van der Waals surface area (Å²) >= 11 is 0. The van der Waals surface area contributed by atoms with Crippen molar-refractivity contribution in [3.63, 3.8) is 0 Å². The van der Waals surface area contributed by atoms with E-state index in [1.54, 1.807) is 0 Å². The molecule has 0 saturated heterocycles. The zero-order valence-corrected chi connectivity index (χ0v) is 15.7. The topological polar surface area (TPSA) is 47.6 Å². The van der Waals surface area contributed by atoms with Gasteiger partial charge in [0.25, 0.3) is 5.91 Å². The Labute approximate surface area is 160 Å². The summed E-state index contributed by atoms with van der Waals surface area (Å²) in [6.07, 6.45) is 7.23. The van der Waals surface area contributed by atoms with Crippen LogP contribution in [0.4, 0.5) is 5.69 Å². The average Bonchev–Trinajstić information content (AvgIpc) is 2.73. The first kappa shape index (κ1) is 17.9. The fourth-order valence-electron chi connectivity index (χ4n) is 4.09. The van der Waals surface area contributed by atoms with E-state index in [0.29, 0.717) is 0 Å². The van der Waals surface area contributed by atoms with Crippen molar-refractivity contribution < 1.29 is 14.3 Å². The molecule has 4 heteroatoms. The Morgan fingerprint density at radius 3 is 2.67 bits per heavy atom. The molecule has 0 bridgehead atoms. The van der Waals surface area contributed by atoms with Crippen molar-refractivity contribution in [1.29, 1.82) is 0 Å². The summed E-state index contributed by atoms with van der Waals surface area (Å²) in [6, 6.07) is 15.6. The summed E-state index contributed by atoms with van der Waals surface area (Å²) in [5.74, 6) is 1.91. The number of aryl methyl sites for hydroxylation is 1. The molecule has 27 heavy (non-hydrogen) atoms. The molecule has 1 aliphatic carbocycles. The number of fused-ring (bicyclic) bond motifs is 1. The van der Waals surface area contributed by atoms with Gasteiger partial charge in [-0.05, 0) is 61.6 Å². The molecule has 4 nitrogen and oxygen atoms in total. The minimum absolute atomic E-state index is 0.0536. The van der Waals surface area contributed by atoms with Gasteiger partial charge in [0.2, 0.25) is 0 Å². The van der Waals surface area contributed by atoms with Crippen LogP contribution in [0, 0.1) is 5.92 Å². The molecule has 2 aliphatic rings. The largest absolute Gasteiger partial charge is 0.493 e. The third-order valence-electron chi connectivity index (χ3n) is 5.52. The second-order valence-corrected chi connectivity index (χ2v) is 7.51. The van der Waals surface area contributed by atoms with E-state index in [-0.39, 0.29) is 11.8 Å². The number of anilines is 1. The van der Waals surface area contributed by atoms with Gasteiger partial charge in [-0.2, -0.15) is 0 Å². The van der Waals surface area contributed by atoms with Crippen molar-refractivity contribution >= 4 is 11.6 Å². The van der Waals surface area contributed by atoms with Crippen molar-refractivity contribution in [2.75, 3.05) is 11.9 Å². The van der Waals surface area contributed by atoms with Crippen LogP contribution in [-0.4, -0.2) is 18.6 Å². The smallest absolute Gasteiger partial charge is 0.265 e. The van der Waals surface area contributed by atoms with Gasteiger partial charge in [-0.1, -0.05) is 37.5 Å². The molecule has 1 saturated carbocycles. The van der Waals surface area contributed by atoms with Crippen LogP contribution in [0.3, 0.4) is 0 Å². The molecular weight excluding hydrogens is 338 g/mol. The molecule has 2 aromatic carbocycles. The second kappa shape index (κ2) is 8.47. The summed E-state index contributed by atoms with van der Waals surface area (Å²) in [5.41, 5.74) is 1.98. The molecule has 1 atom stereocenters. The summed E-state index contributed by atoms with van der Waals surface area (Å²) < 4.78 is 12.0. The van der Waals surface area contributed by atoms with E-state index in [1.807, 2.05) is 48.5 Å². The Kier molecular flexibility index (Phi) is 5.61. The molecule has 1 amide bonds. The Morgan fingerprint density at radius 1 is 1.04 bits per heavy atom. The highest BCUT2D eigenvalue weighted by molar-refractivity contribution is 5.94. The summed E-state index contributed by atoms with van der Waals surface area (Å²) in [7, 11) is 0. The van der Waals surface area contributed by atoms with E-state index < -0.39 is 6.10 Å². The summed E-state index contributed by atoms with van der Waals surface area (Å²) in [4.78, 5) is 13.0. The molecule has 1 unspecified atom stereocenters. The van der Waals surface area contributed by atoms with Gasteiger partial charge in [-0.15, -0.1) is 0 Å². The molecule has 4 rings (SSSR count). The minimum atomic E-state index is -0.465. The number of rotatable bonds is 5. The van der Waals surface area contributed by atoms with E-state index >= 15 is 0 Å². The number of hydrogen-bond acceptors (Lipinski definition) is 3. The average molecular weight is 365 g/mol. The fraction of sp³-hybridized carbons (Fsp3) is 0.435. The number of para-hydroxylation sites is 1. The quantitative estimate of drug-likeness (QED) is 0.813. The molecule has 2 aromatic rings. The van der Waals surface area contributed by atoms with E-state index in [2.05, 4.69) is 5.32 Å². The van der Waals surface area contributed by atoms with Crippen LogP contribution in [0.2, 0.25) is 0 Å².